The lowest BCUT2D eigenvalue weighted by Gasteiger charge is -2.16. The normalized spacial score (nSPS) is 13.6. The van der Waals surface area contributed by atoms with Crippen LogP contribution in [-0.2, 0) is 9.53 Å². The minimum Gasteiger partial charge on any atom is -0.463 e. The van der Waals surface area contributed by atoms with Gasteiger partial charge in [0.15, 0.2) is 5.96 Å². The van der Waals surface area contributed by atoms with Crippen LogP contribution in [0.1, 0.15) is 12.8 Å². The number of carbonyl (C=O) groups excluding carboxylic acids is 1. The van der Waals surface area contributed by atoms with E-state index in [-0.39, 0.29) is 25.3 Å². The maximum Gasteiger partial charge on any atom is 0.400 e. The quantitative estimate of drug-likeness (QED) is 0.0922. The first-order valence-electron chi connectivity index (χ1n) is 4.41. The molecule has 0 radical (unpaired) electrons. The first-order chi connectivity index (χ1) is 7.34. The molecule has 9 nitrogen and oxygen atoms in total. The zero-order valence-corrected chi connectivity index (χ0v) is 8.88. The van der Waals surface area contributed by atoms with Gasteiger partial charge in [0.25, 0.3) is 0 Å². The summed E-state index contributed by atoms with van der Waals surface area (Å²) in [6.07, 6.45) is -0.00602. The number of carbonyl (C=O) groups is 1. The van der Waals surface area contributed by atoms with E-state index in [1.165, 1.54) is 0 Å². The first kappa shape index (κ1) is 14.1. The van der Waals surface area contributed by atoms with E-state index in [1.54, 1.807) is 0 Å². The molecule has 0 aromatic rings. The summed E-state index contributed by atoms with van der Waals surface area (Å²) in [5.74, 6) is -1.22. The third-order valence-electron chi connectivity index (χ3n) is 1.88. The molecule has 1 unspecified atom stereocenters. The van der Waals surface area contributed by atoms with E-state index in [0.717, 1.165) is 7.11 Å². The standard InChI is InChI=1S/C7H15N5O4/c1-16-5(13)7(10,12(14)15)3-2-4-11-6(8)9/h2-4,10H2,1H3,(H4,8,9,11). The van der Waals surface area contributed by atoms with Gasteiger partial charge in [-0.25, -0.2) is 4.79 Å². The highest BCUT2D eigenvalue weighted by Crippen LogP contribution is 2.12. The van der Waals surface area contributed by atoms with Crippen molar-refractivity contribution in [1.82, 2.24) is 0 Å². The Morgan fingerprint density at radius 2 is 2.12 bits per heavy atom. The number of guanidine groups is 1. The molecule has 0 bridgehead atoms. The average molecular weight is 233 g/mol. The van der Waals surface area contributed by atoms with E-state index in [4.69, 9.17) is 17.2 Å². The molecule has 1 atom stereocenters. The number of rotatable bonds is 6. The number of hydrogen-bond donors (Lipinski definition) is 3. The molecule has 0 saturated carbocycles. The zero-order valence-electron chi connectivity index (χ0n) is 8.88. The molecule has 0 aliphatic rings. The van der Waals surface area contributed by atoms with Gasteiger partial charge in [0.1, 0.15) is 0 Å². The van der Waals surface area contributed by atoms with Gasteiger partial charge in [0.05, 0.1) is 12.0 Å². The molecule has 0 aliphatic heterocycles. The highest BCUT2D eigenvalue weighted by molar-refractivity contribution is 5.78. The van der Waals surface area contributed by atoms with Crippen molar-refractivity contribution in [2.75, 3.05) is 13.7 Å². The summed E-state index contributed by atoms with van der Waals surface area (Å²) in [6, 6.07) is 0. The summed E-state index contributed by atoms with van der Waals surface area (Å²) in [6.45, 7) is 0.159. The Balaban J connectivity index is 4.41. The Hall–Kier alpha value is -1.90. The Bertz CT molecular complexity index is 301. The number of hydrogen-bond acceptors (Lipinski definition) is 6. The van der Waals surface area contributed by atoms with E-state index < -0.39 is 16.6 Å². The summed E-state index contributed by atoms with van der Waals surface area (Å²) < 4.78 is 4.26. The van der Waals surface area contributed by atoms with Gasteiger partial charge in [-0.2, -0.15) is 0 Å². The van der Waals surface area contributed by atoms with Crippen molar-refractivity contribution in [3.8, 4) is 0 Å². The average Bonchev–Trinajstić information content (AvgIpc) is 2.22. The molecule has 0 fully saturated rings. The Morgan fingerprint density at radius 3 is 2.50 bits per heavy atom. The van der Waals surface area contributed by atoms with E-state index in [0.29, 0.717) is 0 Å². The van der Waals surface area contributed by atoms with Gasteiger partial charge in [0, 0.05) is 13.0 Å². The molecule has 0 aliphatic carbocycles. The summed E-state index contributed by atoms with van der Waals surface area (Å²) in [5.41, 5.74) is 13.2. The van der Waals surface area contributed by atoms with Gasteiger partial charge < -0.3 is 16.2 Å². The van der Waals surface area contributed by atoms with E-state index in [1.807, 2.05) is 0 Å². The topological polar surface area (TPSA) is 160 Å². The summed E-state index contributed by atoms with van der Waals surface area (Å²) >= 11 is 0. The smallest absolute Gasteiger partial charge is 0.400 e. The molecular formula is C7H15N5O4. The second-order valence-corrected chi connectivity index (χ2v) is 3.08. The Labute approximate surface area is 91.8 Å². The first-order valence-corrected chi connectivity index (χ1v) is 4.41. The lowest BCUT2D eigenvalue weighted by molar-refractivity contribution is -0.555. The Morgan fingerprint density at radius 1 is 1.56 bits per heavy atom. The maximum atomic E-state index is 11.1. The molecule has 16 heavy (non-hydrogen) atoms. The van der Waals surface area contributed by atoms with Gasteiger partial charge in [-0.1, -0.05) is 0 Å². The maximum absolute atomic E-state index is 11.1. The molecule has 0 heterocycles. The fourth-order valence-corrected chi connectivity index (χ4v) is 1.00. The third-order valence-corrected chi connectivity index (χ3v) is 1.88. The molecular weight excluding hydrogens is 218 g/mol. The van der Waals surface area contributed by atoms with E-state index in [2.05, 4.69) is 9.73 Å². The van der Waals surface area contributed by atoms with Gasteiger partial charge in [0.2, 0.25) is 0 Å². The van der Waals surface area contributed by atoms with Crippen molar-refractivity contribution < 1.29 is 14.5 Å². The lowest BCUT2D eigenvalue weighted by atomic mass is 10.1. The number of esters is 1. The lowest BCUT2D eigenvalue weighted by Crippen LogP contribution is -2.55. The summed E-state index contributed by atoms with van der Waals surface area (Å²) in [4.78, 5) is 24.5. The fourth-order valence-electron chi connectivity index (χ4n) is 1.00. The number of nitrogens with two attached hydrogens (primary N) is 3. The van der Waals surface area contributed by atoms with Crippen LogP contribution in [-0.4, -0.2) is 36.2 Å². The number of ether oxygens (including phenoxy) is 1. The van der Waals surface area contributed by atoms with Crippen LogP contribution >= 0.6 is 0 Å². The van der Waals surface area contributed by atoms with Crippen LogP contribution in [0.25, 0.3) is 0 Å². The van der Waals surface area contributed by atoms with Crippen molar-refractivity contribution in [3.05, 3.63) is 10.1 Å². The van der Waals surface area contributed by atoms with Crippen LogP contribution in [0.3, 0.4) is 0 Å². The monoisotopic (exact) mass is 233 g/mol. The fraction of sp³-hybridized carbons (Fsp3) is 0.714. The van der Waals surface area contributed by atoms with Crippen LogP contribution < -0.4 is 17.2 Å². The van der Waals surface area contributed by atoms with Crippen LogP contribution in [0.4, 0.5) is 0 Å². The van der Waals surface area contributed by atoms with Gasteiger partial charge in [-0.15, -0.1) is 0 Å². The molecule has 0 spiro atoms. The SMILES string of the molecule is COC(=O)C(N)(CCCN=C(N)N)[N+](=O)[O-]. The molecule has 9 heteroatoms. The second-order valence-electron chi connectivity index (χ2n) is 3.08. The summed E-state index contributed by atoms with van der Waals surface area (Å²) in [7, 11) is 1.03. The third kappa shape index (κ3) is 3.69. The predicted molar refractivity (Wildman–Crippen MR) is 55.8 cm³/mol. The minimum absolute atomic E-state index is 0.123. The largest absolute Gasteiger partial charge is 0.463 e. The Kier molecular flexibility index (Phi) is 5.16. The number of aliphatic imine (C=N–C) groups is 1. The van der Waals surface area contributed by atoms with Gasteiger partial charge in [-0.3, -0.25) is 20.8 Å². The minimum atomic E-state index is -2.24. The number of methoxy groups -OCH3 is 1. The highest BCUT2D eigenvalue weighted by Gasteiger charge is 2.47. The van der Waals surface area contributed by atoms with Gasteiger partial charge >= 0.3 is 11.6 Å². The van der Waals surface area contributed by atoms with Crippen molar-refractivity contribution in [3.63, 3.8) is 0 Å². The van der Waals surface area contributed by atoms with Crippen LogP contribution in [0, 0.1) is 10.1 Å². The van der Waals surface area contributed by atoms with Crippen molar-refractivity contribution in [2.24, 2.45) is 22.2 Å². The molecule has 0 aromatic carbocycles. The van der Waals surface area contributed by atoms with Crippen molar-refractivity contribution in [2.45, 2.75) is 18.5 Å². The van der Waals surface area contributed by atoms with E-state index >= 15 is 0 Å². The van der Waals surface area contributed by atoms with Crippen LogP contribution in [0.5, 0.6) is 0 Å². The molecule has 92 valence electrons. The molecule has 6 N–H and O–H groups in total. The second kappa shape index (κ2) is 5.85. The molecule has 0 amide bonds. The van der Waals surface area contributed by atoms with Crippen molar-refractivity contribution in [1.29, 1.82) is 0 Å². The van der Waals surface area contributed by atoms with Gasteiger partial charge in [-0.05, 0) is 6.42 Å². The highest BCUT2D eigenvalue weighted by atomic mass is 16.6. The van der Waals surface area contributed by atoms with E-state index in [9.17, 15) is 14.9 Å². The number of nitro groups is 1. The molecule has 0 aromatic heterocycles. The van der Waals surface area contributed by atoms with Crippen molar-refractivity contribution >= 4 is 11.9 Å². The molecule has 0 saturated heterocycles. The van der Waals surface area contributed by atoms with Crippen LogP contribution in [0.15, 0.2) is 4.99 Å². The number of nitrogens with zero attached hydrogens (tertiary/aromatic N) is 2. The summed E-state index contributed by atoms with van der Waals surface area (Å²) in [5, 5.41) is 10.6. The zero-order chi connectivity index (χ0) is 12.8. The molecule has 0 rings (SSSR count). The predicted octanol–water partition coefficient (Wildman–Crippen LogP) is -1.86. The van der Waals surface area contributed by atoms with Crippen LogP contribution in [0.2, 0.25) is 0 Å².